The zero-order valence-corrected chi connectivity index (χ0v) is 12.6. The summed E-state index contributed by atoms with van der Waals surface area (Å²) in [7, 11) is 3.69. The van der Waals surface area contributed by atoms with Gasteiger partial charge in [-0.05, 0) is 37.6 Å². The summed E-state index contributed by atoms with van der Waals surface area (Å²) in [6.07, 6.45) is 3.56. The molecule has 0 heterocycles. The standard InChI is InChI=1S/C15H24ClNO/c1-11(2)6-5-7-14(17-3)13-10-12(16)8-9-15(13)18-4/h8-11,14,17H,5-7H2,1-4H3. The van der Waals surface area contributed by atoms with Crippen molar-refractivity contribution < 1.29 is 4.74 Å². The molecule has 1 unspecified atom stereocenters. The first-order valence-electron chi connectivity index (χ1n) is 6.59. The Labute approximate surface area is 116 Å². The van der Waals surface area contributed by atoms with E-state index in [4.69, 9.17) is 16.3 Å². The summed E-state index contributed by atoms with van der Waals surface area (Å²) in [5, 5.41) is 4.11. The molecular formula is C15H24ClNO. The molecule has 1 aromatic rings. The van der Waals surface area contributed by atoms with E-state index in [1.807, 2.05) is 25.2 Å². The fourth-order valence-electron chi connectivity index (χ4n) is 2.16. The Morgan fingerprint density at radius 1 is 1.28 bits per heavy atom. The second-order valence-corrected chi connectivity index (χ2v) is 5.49. The first-order valence-corrected chi connectivity index (χ1v) is 6.97. The van der Waals surface area contributed by atoms with Crippen LogP contribution >= 0.6 is 11.6 Å². The molecule has 0 spiro atoms. The summed E-state index contributed by atoms with van der Waals surface area (Å²) in [6.45, 7) is 4.52. The minimum atomic E-state index is 0.303. The number of halogens is 1. The molecule has 0 aliphatic rings. The van der Waals surface area contributed by atoms with Crippen LogP contribution < -0.4 is 10.1 Å². The third kappa shape index (κ3) is 4.51. The van der Waals surface area contributed by atoms with E-state index >= 15 is 0 Å². The average molecular weight is 270 g/mol. The molecule has 18 heavy (non-hydrogen) atoms. The van der Waals surface area contributed by atoms with Crippen LogP contribution in [0, 0.1) is 5.92 Å². The molecule has 102 valence electrons. The van der Waals surface area contributed by atoms with E-state index < -0.39 is 0 Å². The van der Waals surface area contributed by atoms with Crippen molar-refractivity contribution in [2.75, 3.05) is 14.2 Å². The minimum absolute atomic E-state index is 0.303. The molecule has 1 N–H and O–H groups in total. The molecule has 0 fully saturated rings. The van der Waals surface area contributed by atoms with Gasteiger partial charge in [0, 0.05) is 16.6 Å². The third-order valence-electron chi connectivity index (χ3n) is 3.19. The number of methoxy groups -OCH3 is 1. The van der Waals surface area contributed by atoms with Crippen LogP contribution in [-0.4, -0.2) is 14.2 Å². The van der Waals surface area contributed by atoms with E-state index in [0.29, 0.717) is 6.04 Å². The molecule has 3 heteroatoms. The van der Waals surface area contributed by atoms with Crippen molar-refractivity contribution in [1.82, 2.24) is 5.32 Å². The fourth-order valence-corrected chi connectivity index (χ4v) is 2.34. The van der Waals surface area contributed by atoms with Gasteiger partial charge in [0.2, 0.25) is 0 Å². The van der Waals surface area contributed by atoms with Crippen LogP contribution in [0.5, 0.6) is 5.75 Å². The third-order valence-corrected chi connectivity index (χ3v) is 3.42. The summed E-state index contributed by atoms with van der Waals surface area (Å²) in [5.74, 6) is 1.66. The maximum atomic E-state index is 6.08. The lowest BCUT2D eigenvalue weighted by Crippen LogP contribution is -2.17. The summed E-state index contributed by atoms with van der Waals surface area (Å²) in [6, 6.07) is 6.10. The number of nitrogens with one attached hydrogen (secondary N) is 1. The van der Waals surface area contributed by atoms with Crippen molar-refractivity contribution in [3.63, 3.8) is 0 Å². The predicted octanol–water partition coefficient (Wildman–Crippen LogP) is 4.44. The molecule has 0 saturated carbocycles. The normalized spacial score (nSPS) is 12.8. The van der Waals surface area contributed by atoms with Gasteiger partial charge in [0.05, 0.1) is 7.11 Å². The van der Waals surface area contributed by atoms with Gasteiger partial charge in [-0.3, -0.25) is 0 Å². The highest BCUT2D eigenvalue weighted by molar-refractivity contribution is 6.30. The first-order chi connectivity index (χ1) is 8.58. The predicted molar refractivity (Wildman–Crippen MR) is 78.5 cm³/mol. The van der Waals surface area contributed by atoms with E-state index in [9.17, 15) is 0 Å². The zero-order chi connectivity index (χ0) is 13.5. The van der Waals surface area contributed by atoms with E-state index in [0.717, 1.165) is 28.7 Å². The fraction of sp³-hybridized carbons (Fsp3) is 0.600. The van der Waals surface area contributed by atoms with Crippen LogP contribution in [0.2, 0.25) is 5.02 Å². The lowest BCUT2D eigenvalue weighted by molar-refractivity contribution is 0.394. The number of benzene rings is 1. The first kappa shape index (κ1) is 15.3. The topological polar surface area (TPSA) is 21.3 Å². The largest absolute Gasteiger partial charge is 0.496 e. The highest BCUT2D eigenvalue weighted by atomic mass is 35.5. The number of hydrogen-bond acceptors (Lipinski definition) is 2. The Morgan fingerprint density at radius 2 is 2.00 bits per heavy atom. The van der Waals surface area contributed by atoms with Crippen LogP contribution in [0.25, 0.3) is 0 Å². The number of hydrogen-bond donors (Lipinski definition) is 1. The smallest absolute Gasteiger partial charge is 0.123 e. The van der Waals surface area contributed by atoms with Crippen molar-refractivity contribution in [2.45, 2.75) is 39.2 Å². The molecule has 0 aliphatic heterocycles. The van der Waals surface area contributed by atoms with Gasteiger partial charge in [-0.2, -0.15) is 0 Å². The van der Waals surface area contributed by atoms with Gasteiger partial charge in [-0.15, -0.1) is 0 Å². The Morgan fingerprint density at radius 3 is 2.56 bits per heavy atom. The lowest BCUT2D eigenvalue weighted by atomic mass is 9.97. The van der Waals surface area contributed by atoms with Gasteiger partial charge in [0.15, 0.2) is 0 Å². The van der Waals surface area contributed by atoms with Crippen LogP contribution in [0.4, 0.5) is 0 Å². The summed E-state index contributed by atoms with van der Waals surface area (Å²) in [4.78, 5) is 0. The van der Waals surface area contributed by atoms with Crippen molar-refractivity contribution in [3.8, 4) is 5.75 Å². The number of ether oxygens (including phenoxy) is 1. The molecule has 0 radical (unpaired) electrons. The minimum Gasteiger partial charge on any atom is -0.496 e. The van der Waals surface area contributed by atoms with E-state index in [1.54, 1.807) is 7.11 Å². The van der Waals surface area contributed by atoms with Crippen molar-refractivity contribution in [1.29, 1.82) is 0 Å². The second-order valence-electron chi connectivity index (χ2n) is 5.05. The van der Waals surface area contributed by atoms with Crippen LogP contribution in [0.1, 0.15) is 44.7 Å². The van der Waals surface area contributed by atoms with E-state index in [1.165, 1.54) is 12.8 Å². The lowest BCUT2D eigenvalue weighted by Gasteiger charge is -2.20. The Balaban J connectivity index is 2.77. The second kappa shape index (κ2) is 7.65. The molecule has 1 aromatic carbocycles. The van der Waals surface area contributed by atoms with Crippen molar-refractivity contribution in [2.24, 2.45) is 5.92 Å². The Kier molecular flexibility index (Phi) is 6.51. The van der Waals surface area contributed by atoms with Crippen LogP contribution in [0.3, 0.4) is 0 Å². The zero-order valence-electron chi connectivity index (χ0n) is 11.8. The quantitative estimate of drug-likeness (QED) is 0.790. The maximum absolute atomic E-state index is 6.08. The van der Waals surface area contributed by atoms with Crippen molar-refractivity contribution in [3.05, 3.63) is 28.8 Å². The molecule has 1 atom stereocenters. The average Bonchev–Trinajstić information content (AvgIpc) is 2.34. The molecule has 0 aromatic heterocycles. The monoisotopic (exact) mass is 269 g/mol. The van der Waals surface area contributed by atoms with Gasteiger partial charge in [-0.1, -0.05) is 38.3 Å². The van der Waals surface area contributed by atoms with E-state index in [-0.39, 0.29) is 0 Å². The SMILES string of the molecule is CNC(CCCC(C)C)c1cc(Cl)ccc1OC. The van der Waals surface area contributed by atoms with Gasteiger partial charge >= 0.3 is 0 Å². The summed E-state index contributed by atoms with van der Waals surface area (Å²) >= 11 is 6.08. The molecule has 0 bridgehead atoms. The Bertz CT molecular complexity index is 366. The van der Waals surface area contributed by atoms with Gasteiger partial charge < -0.3 is 10.1 Å². The molecule has 1 rings (SSSR count). The van der Waals surface area contributed by atoms with Gasteiger partial charge in [0.25, 0.3) is 0 Å². The molecule has 0 saturated heterocycles. The highest BCUT2D eigenvalue weighted by Gasteiger charge is 2.14. The van der Waals surface area contributed by atoms with Gasteiger partial charge in [-0.25, -0.2) is 0 Å². The van der Waals surface area contributed by atoms with Crippen LogP contribution in [0.15, 0.2) is 18.2 Å². The Hall–Kier alpha value is -0.730. The molecule has 0 aliphatic carbocycles. The van der Waals surface area contributed by atoms with Crippen LogP contribution in [-0.2, 0) is 0 Å². The van der Waals surface area contributed by atoms with E-state index in [2.05, 4.69) is 19.2 Å². The highest BCUT2D eigenvalue weighted by Crippen LogP contribution is 2.31. The summed E-state index contributed by atoms with van der Waals surface area (Å²) in [5.41, 5.74) is 1.15. The van der Waals surface area contributed by atoms with Gasteiger partial charge in [0.1, 0.15) is 5.75 Å². The van der Waals surface area contributed by atoms with Crippen molar-refractivity contribution >= 4 is 11.6 Å². The summed E-state index contributed by atoms with van der Waals surface area (Å²) < 4.78 is 5.41. The molecular weight excluding hydrogens is 246 g/mol. The molecule has 0 amide bonds. The molecule has 2 nitrogen and oxygen atoms in total. The maximum Gasteiger partial charge on any atom is 0.123 e. The number of rotatable bonds is 7.